The predicted molar refractivity (Wildman–Crippen MR) is 74.8 cm³/mol. The molecule has 0 amide bonds. The van der Waals surface area contributed by atoms with Crippen molar-refractivity contribution in [2.24, 2.45) is 11.7 Å². The highest BCUT2D eigenvalue weighted by atomic mass is 16.5. The molecule has 102 valence electrons. The van der Waals surface area contributed by atoms with Crippen LogP contribution in [0.15, 0.2) is 24.3 Å². The molecule has 1 aromatic carbocycles. The molecule has 3 heteroatoms. The maximum atomic E-state index is 10.6. The van der Waals surface area contributed by atoms with Crippen LogP contribution in [0, 0.1) is 5.92 Å². The normalized spacial score (nSPS) is 16.1. The Balaban J connectivity index is 2.73. The van der Waals surface area contributed by atoms with E-state index in [1.807, 2.05) is 31.2 Å². The third kappa shape index (κ3) is 4.00. The van der Waals surface area contributed by atoms with Gasteiger partial charge < -0.3 is 15.6 Å². The van der Waals surface area contributed by atoms with Crippen molar-refractivity contribution in [3.8, 4) is 5.75 Å². The summed E-state index contributed by atoms with van der Waals surface area (Å²) in [5, 5.41) is 10.6. The summed E-state index contributed by atoms with van der Waals surface area (Å²) in [5.41, 5.74) is 6.12. The molecule has 3 N–H and O–H groups in total. The van der Waals surface area contributed by atoms with Crippen molar-refractivity contribution in [1.29, 1.82) is 0 Å². The highest BCUT2D eigenvalue weighted by Gasteiger charge is 2.30. The second-order valence-corrected chi connectivity index (χ2v) is 5.10. The summed E-state index contributed by atoms with van der Waals surface area (Å²) >= 11 is 0. The maximum Gasteiger partial charge on any atom is 0.118 e. The van der Waals surface area contributed by atoms with Crippen molar-refractivity contribution in [2.45, 2.75) is 38.7 Å². The van der Waals surface area contributed by atoms with Gasteiger partial charge >= 0.3 is 0 Å². The molecule has 0 radical (unpaired) electrons. The lowest BCUT2D eigenvalue weighted by atomic mass is 9.81. The van der Waals surface area contributed by atoms with Gasteiger partial charge in [-0.1, -0.05) is 25.5 Å². The van der Waals surface area contributed by atoms with Gasteiger partial charge in [0.15, 0.2) is 0 Å². The largest absolute Gasteiger partial charge is 0.497 e. The Morgan fingerprint density at radius 1 is 1.33 bits per heavy atom. The molecule has 2 atom stereocenters. The molecule has 0 aliphatic carbocycles. The van der Waals surface area contributed by atoms with Gasteiger partial charge in [-0.05, 0) is 43.5 Å². The van der Waals surface area contributed by atoms with Crippen LogP contribution in [0.25, 0.3) is 0 Å². The fourth-order valence-electron chi connectivity index (χ4n) is 2.33. The zero-order valence-electron chi connectivity index (χ0n) is 11.6. The van der Waals surface area contributed by atoms with Crippen LogP contribution in [0.2, 0.25) is 0 Å². The van der Waals surface area contributed by atoms with Gasteiger partial charge in [-0.3, -0.25) is 0 Å². The molecule has 1 aromatic rings. The van der Waals surface area contributed by atoms with Gasteiger partial charge in [-0.25, -0.2) is 0 Å². The van der Waals surface area contributed by atoms with Crippen LogP contribution in [-0.2, 0) is 6.42 Å². The quantitative estimate of drug-likeness (QED) is 0.782. The highest BCUT2D eigenvalue weighted by molar-refractivity contribution is 5.28. The average molecular weight is 251 g/mol. The molecule has 0 aromatic heterocycles. The Labute approximate surface area is 110 Å². The topological polar surface area (TPSA) is 55.5 Å². The van der Waals surface area contributed by atoms with E-state index in [9.17, 15) is 5.11 Å². The Morgan fingerprint density at radius 2 is 1.94 bits per heavy atom. The summed E-state index contributed by atoms with van der Waals surface area (Å²) in [6, 6.07) is 7.82. The molecule has 0 spiro atoms. The van der Waals surface area contributed by atoms with E-state index in [4.69, 9.17) is 10.5 Å². The minimum Gasteiger partial charge on any atom is -0.497 e. The van der Waals surface area contributed by atoms with Gasteiger partial charge in [-0.2, -0.15) is 0 Å². The Hall–Kier alpha value is -1.06. The standard InChI is InChI=1S/C15H25NO2/c1-4-5-13(11-16)15(2,17)10-12-6-8-14(18-3)9-7-12/h6-9,13,17H,4-5,10-11,16H2,1-3H3. The van der Waals surface area contributed by atoms with Crippen molar-refractivity contribution in [3.05, 3.63) is 29.8 Å². The van der Waals surface area contributed by atoms with Crippen LogP contribution in [0.1, 0.15) is 32.3 Å². The first-order valence-corrected chi connectivity index (χ1v) is 6.58. The Morgan fingerprint density at radius 3 is 2.39 bits per heavy atom. The number of aliphatic hydroxyl groups is 1. The second kappa shape index (κ2) is 6.76. The van der Waals surface area contributed by atoms with E-state index < -0.39 is 5.60 Å². The maximum absolute atomic E-state index is 10.6. The summed E-state index contributed by atoms with van der Waals surface area (Å²) in [7, 11) is 1.65. The zero-order valence-corrected chi connectivity index (χ0v) is 11.6. The van der Waals surface area contributed by atoms with Crippen LogP contribution < -0.4 is 10.5 Å². The summed E-state index contributed by atoms with van der Waals surface area (Å²) in [6.45, 7) is 4.52. The Bertz CT molecular complexity index is 346. The summed E-state index contributed by atoms with van der Waals surface area (Å²) in [4.78, 5) is 0. The van der Waals surface area contributed by atoms with Gasteiger partial charge in [0.25, 0.3) is 0 Å². The molecular formula is C15H25NO2. The lowest BCUT2D eigenvalue weighted by Gasteiger charge is -2.32. The van der Waals surface area contributed by atoms with E-state index in [-0.39, 0.29) is 5.92 Å². The van der Waals surface area contributed by atoms with Crippen LogP contribution in [0.3, 0.4) is 0 Å². The second-order valence-electron chi connectivity index (χ2n) is 5.10. The fourth-order valence-corrected chi connectivity index (χ4v) is 2.33. The molecule has 2 unspecified atom stereocenters. The van der Waals surface area contributed by atoms with Gasteiger partial charge in [0.1, 0.15) is 5.75 Å². The van der Waals surface area contributed by atoms with E-state index in [1.54, 1.807) is 7.11 Å². The molecule has 0 aliphatic heterocycles. The smallest absolute Gasteiger partial charge is 0.118 e. The first-order chi connectivity index (χ1) is 8.53. The van der Waals surface area contributed by atoms with Crippen molar-refractivity contribution < 1.29 is 9.84 Å². The molecule has 0 bridgehead atoms. The van der Waals surface area contributed by atoms with Crippen LogP contribution >= 0.6 is 0 Å². The Kier molecular flexibility index (Phi) is 5.63. The molecule has 0 aliphatic rings. The molecule has 3 nitrogen and oxygen atoms in total. The average Bonchev–Trinajstić information content (AvgIpc) is 2.36. The number of ether oxygens (including phenoxy) is 1. The fraction of sp³-hybridized carbons (Fsp3) is 0.600. The van der Waals surface area contributed by atoms with Crippen LogP contribution in [-0.4, -0.2) is 24.4 Å². The minimum atomic E-state index is -0.751. The first kappa shape index (κ1) is 15.0. The van der Waals surface area contributed by atoms with Crippen molar-refractivity contribution >= 4 is 0 Å². The molecule has 0 saturated carbocycles. The van der Waals surface area contributed by atoms with E-state index in [2.05, 4.69) is 6.92 Å². The van der Waals surface area contributed by atoms with Crippen LogP contribution in [0.5, 0.6) is 5.75 Å². The van der Waals surface area contributed by atoms with Crippen LogP contribution in [0.4, 0.5) is 0 Å². The van der Waals surface area contributed by atoms with E-state index in [1.165, 1.54) is 0 Å². The number of hydrogen-bond acceptors (Lipinski definition) is 3. The summed E-state index contributed by atoms with van der Waals surface area (Å²) in [6.07, 6.45) is 2.62. The number of nitrogens with two attached hydrogens (primary N) is 1. The molecule has 1 rings (SSSR count). The number of hydrogen-bond donors (Lipinski definition) is 2. The third-order valence-electron chi connectivity index (χ3n) is 3.52. The van der Waals surface area contributed by atoms with Gasteiger partial charge in [0.2, 0.25) is 0 Å². The SMILES string of the molecule is CCCC(CN)C(C)(O)Cc1ccc(OC)cc1. The van der Waals surface area contributed by atoms with Gasteiger partial charge in [0.05, 0.1) is 12.7 Å². The first-order valence-electron chi connectivity index (χ1n) is 6.58. The van der Waals surface area contributed by atoms with Gasteiger partial charge in [0, 0.05) is 6.42 Å². The zero-order chi connectivity index (χ0) is 13.6. The molecule has 0 heterocycles. The molecule has 0 saturated heterocycles. The molecule has 0 fully saturated rings. The summed E-state index contributed by atoms with van der Waals surface area (Å²) < 4.78 is 5.12. The molecular weight excluding hydrogens is 226 g/mol. The molecule has 18 heavy (non-hydrogen) atoms. The summed E-state index contributed by atoms with van der Waals surface area (Å²) in [5.74, 6) is 0.979. The van der Waals surface area contributed by atoms with E-state index in [0.717, 1.165) is 24.2 Å². The van der Waals surface area contributed by atoms with E-state index in [0.29, 0.717) is 13.0 Å². The van der Waals surface area contributed by atoms with Crippen molar-refractivity contribution in [1.82, 2.24) is 0 Å². The lowest BCUT2D eigenvalue weighted by molar-refractivity contribution is -0.000992. The van der Waals surface area contributed by atoms with E-state index >= 15 is 0 Å². The minimum absolute atomic E-state index is 0.143. The highest BCUT2D eigenvalue weighted by Crippen LogP contribution is 2.26. The van der Waals surface area contributed by atoms with Gasteiger partial charge in [-0.15, -0.1) is 0 Å². The number of methoxy groups -OCH3 is 1. The lowest BCUT2D eigenvalue weighted by Crippen LogP contribution is -2.41. The predicted octanol–water partition coefficient (Wildman–Crippen LogP) is 2.36. The number of benzene rings is 1. The van der Waals surface area contributed by atoms with Crippen molar-refractivity contribution in [3.63, 3.8) is 0 Å². The van der Waals surface area contributed by atoms with Crippen molar-refractivity contribution in [2.75, 3.05) is 13.7 Å². The number of rotatable bonds is 7. The third-order valence-corrected chi connectivity index (χ3v) is 3.52. The monoisotopic (exact) mass is 251 g/mol.